The van der Waals surface area contributed by atoms with Crippen LogP contribution >= 0.6 is 0 Å². The maximum atomic E-state index is 10.6. The summed E-state index contributed by atoms with van der Waals surface area (Å²) in [6, 6.07) is 0. The fraction of sp³-hybridized carbons (Fsp3) is 0.125. The molecule has 0 spiro atoms. The van der Waals surface area contributed by atoms with Gasteiger partial charge in [0.05, 0.1) is 0 Å². The zero-order chi connectivity index (χ0) is 8.53. The largest absolute Gasteiger partial charge is 0.458 e. The third-order valence-corrected chi connectivity index (χ3v) is 0.826. The van der Waals surface area contributed by atoms with E-state index in [9.17, 15) is 4.79 Å². The Morgan fingerprint density at radius 2 is 2.36 bits per heavy atom. The van der Waals surface area contributed by atoms with Crippen molar-refractivity contribution in [2.75, 3.05) is 6.61 Å². The summed E-state index contributed by atoms with van der Waals surface area (Å²) in [5.74, 6) is -0.443. The average Bonchev–Trinajstić information content (AvgIpc) is 1.99. The highest BCUT2D eigenvalue weighted by Crippen LogP contribution is 1.81. The van der Waals surface area contributed by atoms with Crippen molar-refractivity contribution in [3.63, 3.8) is 0 Å². The summed E-state index contributed by atoms with van der Waals surface area (Å²) in [5.41, 5.74) is 4.94. The van der Waals surface area contributed by atoms with Crippen LogP contribution in [0.4, 0.5) is 0 Å². The second-order valence-corrected chi connectivity index (χ2v) is 1.65. The molecule has 3 nitrogen and oxygen atoms in total. The van der Waals surface area contributed by atoms with Crippen molar-refractivity contribution in [3.8, 4) is 0 Å². The molecular weight excluding hydrogens is 142 g/mol. The van der Waals surface area contributed by atoms with Crippen LogP contribution in [0.5, 0.6) is 0 Å². The third kappa shape index (κ3) is 6.37. The molecule has 0 aromatic heterocycles. The molecule has 0 heterocycles. The van der Waals surface area contributed by atoms with Crippen molar-refractivity contribution in [2.24, 2.45) is 5.73 Å². The number of hydrogen-bond donors (Lipinski definition) is 1. The Hall–Kier alpha value is -1.51. The maximum Gasteiger partial charge on any atom is 0.332 e. The summed E-state index contributed by atoms with van der Waals surface area (Å²) in [6.07, 6.45) is 7.27. The second-order valence-electron chi connectivity index (χ2n) is 1.65. The van der Waals surface area contributed by atoms with Crippen LogP contribution in [-0.2, 0) is 9.53 Å². The van der Waals surface area contributed by atoms with Gasteiger partial charge in [-0.25, -0.2) is 4.79 Å². The highest BCUT2D eigenvalue weighted by Gasteiger charge is 1.90. The van der Waals surface area contributed by atoms with Crippen LogP contribution in [-0.4, -0.2) is 12.6 Å². The van der Waals surface area contributed by atoms with Crippen LogP contribution in [0.15, 0.2) is 37.1 Å². The Balaban J connectivity index is 3.46. The minimum Gasteiger partial charge on any atom is -0.458 e. The Kier molecular flexibility index (Phi) is 5.70. The van der Waals surface area contributed by atoms with Crippen molar-refractivity contribution >= 4 is 5.97 Å². The molecule has 0 aromatic rings. The van der Waals surface area contributed by atoms with Gasteiger partial charge in [-0.3, -0.25) is 0 Å². The maximum absolute atomic E-state index is 10.6. The lowest BCUT2D eigenvalue weighted by Crippen LogP contribution is -2.00. The molecule has 0 rings (SSSR count). The quantitative estimate of drug-likeness (QED) is 0.368. The standard InChI is InChI=1S/C8H11NO2/c1-2-3-4-7-11-8(10)5-6-9/h2-6H,1,7,9H2/b4-3+,6-5+. The number of allylic oxidation sites excluding steroid dienone is 2. The molecule has 0 amide bonds. The molecule has 0 aliphatic carbocycles. The van der Waals surface area contributed by atoms with Gasteiger partial charge in [0.2, 0.25) is 0 Å². The van der Waals surface area contributed by atoms with Crippen LogP contribution in [0.3, 0.4) is 0 Å². The molecular formula is C8H11NO2. The van der Waals surface area contributed by atoms with E-state index >= 15 is 0 Å². The monoisotopic (exact) mass is 153 g/mol. The number of hydrogen-bond acceptors (Lipinski definition) is 3. The van der Waals surface area contributed by atoms with Crippen molar-refractivity contribution in [3.05, 3.63) is 37.1 Å². The highest BCUT2D eigenvalue weighted by atomic mass is 16.5. The first-order chi connectivity index (χ1) is 5.31. The molecule has 0 aliphatic heterocycles. The molecule has 3 heteroatoms. The van der Waals surface area contributed by atoms with E-state index in [0.717, 1.165) is 12.3 Å². The fourth-order valence-electron chi connectivity index (χ4n) is 0.409. The van der Waals surface area contributed by atoms with E-state index < -0.39 is 5.97 Å². The molecule has 0 fully saturated rings. The second kappa shape index (κ2) is 6.61. The van der Waals surface area contributed by atoms with Gasteiger partial charge in [-0.2, -0.15) is 0 Å². The Morgan fingerprint density at radius 1 is 1.64 bits per heavy atom. The first kappa shape index (κ1) is 9.49. The van der Waals surface area contributed by atoms with Gasteiger partial charge in [0.25, 0.3) is 0 Å². The SMILES string of the molecule is C=C/C=C/COC(=O)/C=C/N. The number of ether oxygens (including phenoxy) is 1. The van der Waals surface area contributed by atoms with E-state index in [2.05, 4.69) is 11.3 Å². The Morgan fingerprint density at radius 3 is 2.91 bits per heavy atom. The van der Waals surface area contributed by atoms with Crippen LogP contribution in [0, 0.1) is 0 Å². The van der Waals surface area contributed by atoms with Crippen molar-refractivity contribution in [1.82, 2.24) is 0 Å². The van der Waals surface area contributed by atoms with Gasteiger partial charge >= 0.3 is 5.97 Å². The number of esters is 1. The number of rotatable bonds is 4. The van der Waals surface area contributed by atoms with Gasteiger partial charge in [-0.1, -0.05) is 18.7 Å². The lowest BCUT2D eigenvalue weighted by molar-refractivity contribution is -0.136. The summed E-state index contributed by atoms with van der Waals surface area (Å²) in [6.45, 7) is 3.70. The molecule has 0 saturated carbocycles. The van der Waals surface area contributed by atoms with E-state index in [1.807, 2.05) is 0 Å². The molecule has 0 radical (unpaired) electrons. The molecule has 0 unspecified atom stereocenters. The van der Waals surface area contributed by atoms with E-state index in [1.165, 1.54) is 0 Å². The van der Waals surface area contributed by atoms with Crippen LogP contribution in [0.25, 0.3) is 0 Å². The topological polar surface area (TPSA) is 52.3 Å². The minimum absolute atomic E-state index is 0.245. The summed E-state index contributed by atoms with van der Waals surface area (Å²) >= 11 is 0. The predicted octanol–water partition coefficient (Wildman–Crippen LogP) is 0.744. The van der Waals surface area contributed by atoms with Crippen LogP contribution < -0.4 is 5.73 Å². The molecule has 0 aromatic carbocycles. The number of nitrogens with two attached hydrogens (primary N) is 1. The van der Waals surface area contributed by atoms with Crippen molar-refractivity contribution in [1.29, 1.82) is 0 Å². The molecule has 0 aliphatic rings. The van der Waals surface area contributed by atoms with E-state index in [4.69, 9.17) is 5.73 Å². The van der Waals surface area contributed by atoms with Gasteiger partial charge in [-0.05, 0) is 6.08 Å². The molecule has 0 saturated heterocycles. The Labute approximate surface area is 65.8 Å². The molecule has 0 bridgehead atoms. The molecule has 60 valence electrons. The summed E-state index contributed by atoms with van der Waals surface area (Å²) in [7, 11) is 0. The first-order valence-electron chi connectivity index (χ1n) is 3.14. The van der Waals surface area contributed by atoms with Gasteiger partial charge in [0.15, 0.2) is 0 Å². The van der Waals surface area contributed by atoms with Crippen LogP contribution in [0.1, 0.15) is 0 Å². The van der Waals surface area contributed by atoms with Gasteiger partial charge < -0.3 is 10.5 Å². The smallest absolute Gasteiger partial charge is 0.332 e. The zero-order valence-electron chi connectivity index (χ0n) is 6.19. The van der Waals surface area contributed by atoms with Crippen molar-refractivity contribution < 1.29 is 9.53 Å². The summed E-state index contributed by atoms with van der Waals surface area (Å²) < 4.78 is 4.64. The van der Waals surface area contributed by atoms with Gasteiger partial charge in [0.1, 0.15) is 6.61 Å². The van der Waals surface area contributed by atoms with E-state index in [0.29, 0.717) is 0 Å². The Bertz CT molecular complexity index is 183. The average molecular weight is 153 g/mol. The van der Waals surface area contributed by atoms with E-state index in [-0.39, 0.29) is 6.61 Å². The lowest BCUT2D eigenvalue weighted by atomic mass is 10.5. The van der Waals surface area contributed by atoms with Gasteiger partial charge in [0, 0.05) is 12.3 Å². The fourth-order valence-corrected chi connectivity index (χ4v) is 0.409. The van der Waals surface area contributed by atoms with E-state index in [1.54, 1.807) is 18.2 Å². The number of carbonyl (C=O) groups is 1. The normalized spacial score (nSPS) is 10.5. The third-order valence-electron chi connectivity index (χ3n) is 0.826. The highest BCUT2D eigenvalue weighted by molar-refractivity contribution is 5.81. The zero-order valence-corrected chi connectivity index (χ0v) is 6.19. The van der Waals surface area contributed by atoms with Gasteiger partial charge in [-0.15, -0.1) is 0 Å². The van der Waals surface area contributed by atoms with Crippen LogP contribution in [0.2, 0.25) is 0 Å². The molecule has 11 heavy (non-hydrogen) atoms. The summed E-state index contributed by atoms with van der Waals surface area (Å²) in [5, 5.41) is 0. The summed E-state index contributed by atoms with van der Waals surface area (Å²) in [4.78, 5) is 10.6. The molecule has 0 atom stereocenters. The predicted molar refractivity (Wildman–Crippen MR) is 43.6 cm³/mol. The lowest BCUT2D eigenvalue weighted by Gasteiger charge is -1.93. The molecule has 2 N–H and O–H groups in total. The minimum atomic E-state index is -0.443. The first-order valence-corrected chi connectivity index (χ1v) is 3.14. The van der Waals surface area contributed by atoms with Crippen molar-refractivity contribution in [2.45, 2.75) is 0 Å². The number of carbonyl (C=O) groups excluding carboxylic acids is 1.